The highest BCUT2D eigenvalue weighted by atomic mass is 35.5. The van der Waals surface area contributed by atoms with Crippen molar-refractivity contribution in [2.24, 2.45) is 0 Å². The van der Waals surface area contributed by atoms with Gasteiger partial charge in [-0.3, -0.25) is 4.79 Å². The number of phenolic OH excluding ortho intramolecular Hbond substituents is 1. The molecule has 0 bridgehead atoms. The van der Waals surface area contributed by atoms with Gasteiger partial charge in [0, 0.05) is 16.1 Å². The first-order valence-electron chi connectivity index (χ1n) is 6.93. The summed E-state index contributed by atoms with van der Waals surface area (Å²) in [4.78, 5) is 15.2. The van der Waals surface area contributed by atoms with E-state index < -0.39 is 5.97 Å². The van der Waals surface area contributed by atoms with Gasteiger partial charge < -0.3 is 14.6 Å². The highest BCUT2D eigenvalue weighted by Crippen LogP contribution is 2.36. The van der Waals surface area contributed by atoms with Crippen molar-refractivity contribution in [2.45, 2.75) is 5.22 Å². The van der Waals surface area contributed by atoms with Crippen molar-refractivity contribution in [1.29, 1.82) is 0 Å². The first kappa shape index (κ1) is 16.4. The van der Waals surface area contributed by atoms with Crippen LogP contribution in [0.1, 0.15) is 0 Å². The Balaban J connectivity index is 2.05. The molecule has 0 spiro atoms. The summed E-state index contributed by atoms with van der Waals surface area (Å²) in [6.07, 6.45) is 0. The number of nitrogens with zero attached hydrogens (tertiary/aromatic N) is 1. The predicted octanol–water partition coefficient (Wildman–Crippen LogP) is 4.54. The van der Waals surface area contributed by atoms with Crippen LogP contribution in [0.15, 0.2) is 58.2 Å². The second-order valence-electron chi connectivity index (χ2n) is 4.89. The number of carboxylic acid groups (broad SMARTS) is 1. The molecule has 0 fully saturated rings. The Hall–Kier alpha value is -2.44. The third-order valence-electron chi connectivity index (χ3n) is 3.17. The average molecular weight is 362 g/mol. The van der Waals surface area contributed by atoms with Crippen molar-refractivity contribution in [3.63, 3.8) is 0 Å². The Kier molecular flexibility index (Phi) is 4.78. The number of carbonyl (C=O) groups is 1. The lowest BCUT2D eigenvalue weighted by Gasteiger charge is -2.02. The van der Waals surface area contributed by atoms with E-state index in [1.807, 2.05) is 12.1 Å². The van der Waals surface area contributed by atoms with Crippen LogP contribution in [0.5, 0.6) is 5.75 Å². The van der Waals surface area contributed by atoms with E-state index in [2.05, 4.69) is 4.98 Å². The van der Waals surface area contributed by atoms with E-state index in [-0.39, 0.29) is 16.7 Å². The summed E-state index contributed by atoms with van der Waals surface area (Å²) in [5, 5.41) is 19.1. The minimum absolute atomic E-state index is 0.143. The van der Waals surface area contributed by atoms with E-state index in [0.29, 0.717) is 16.5 Å². The molecule has 0 amide bonds. The molecule has 7 heteroatoms. The zero-order valence-corrected chi connectivity index (χ0v) is 13.8. The molecule has 0 aliphatic rings. The smallest absolute Gasteiger partial charge is 0.314 e. The minimum Gasteiger partial charge on any atom is -0.508 e. The molecular formula is C17H12ClNO4S. The number of aromatic nitrogens is 1. The zero-order valence-electron chi connectivity index (χ0n) is 12.3. The largest absolute Gasteiger partial charge is 0.508 e. The number of benzene rings is 2. The normalized spacial score (nSPS) is 10.7. The van der Waals surface area contributed by atoms with Crippen LogP contribution >= 0.6 is 23.4 Å². The van der Waals surface area contributed by atoms with Gasteiger partial charge >= 0.3 is 5.97 Å². The fourth-order valence-corrected chi connectivity index (χ4v) is 2.77. The highest BCUT2D eigenvalue weighted by Gasteiger charge is 2.18. The van der Waals surface area contributed by atoms with E-state index >= 15 is 0 Å². The van der Waals surface area contributed by atoms with Gasteiger partial charge in [0.2, 0.25) is 0 Å². The fraction of sp³-hybridized carbons (Fsp3) is 0.0588. The zero-order chi connectivity index (χ0) is 17.1. The minimum atomic E-state index is -0.947. The summed E-state index contributed by atoms with van der Waals surface area (Å²) in [5.41, 5.74) is 2.12. The Labute approximate surface area is 146 Å². The van der Waals surface area contributed by atoms with Crippen molar-refractivity contribution in [1.82, 2.24) is 4.98 Å². The molecule has 5 nitrogen and oxygen atoms in total. The van der Waals surface area contributed by atoms with E-state index in [4.69, 9.17) is 21.1 Å². The van der Waals surface area contributed by atoms with Crippen LogP contribution in [0.4, 0.5) is 0 Å². The van der Waals surface area contributed by atoms with Crippen molar-refractivity contribution in [3.05, 3.63) is 53.6 Å². The molecule has 2 aromatic carbocycles. The molecule has 0 atom stereocenters. The van der Waals surface area contributed by atoms with Gasteiger partial charge in [-0.15, -0.1) is 0 Å². The van der Waals surface area contributed by atoms with Crippen molar-refractivity contribution in [2.75, 3.05) is 5.75 Å². The van der Waals surface area contributed by atoms with Crippen LogP contribution in [-0.4, -0.2) is 26.9 Å². The summed E-state index contributed by atoms with van der Waals surface area (Å²) >= 11 is 6.93. The van der Waals surface area contributed by atoms with Gasteiger partial charge in [0.1, 0.15) is 17.2 Å². The molecule has 0 saturated carbocycles. The van der Waals surface area contributed by atoms with Crippen LogP contribution in [0.2, 0.25) is 5.02 Å². The van der Waals surface area contributed by atoms with Gasteiger partial charge in [-0.1, -0.05) is 35.5 Å². The van der Waals surface area contributed by atoms with Crippen LogP contribution in [0.25, 0.3) is 22.6 Å². The maximum Gasteiger partial charge on any atom is 0.314 e. The number of aromatic hydroxyl groups is 1. The Morgan fingerprint density at radius 3 is 2.33 bits per heavy atom. The number of aliphatic carboxylic acids is 1. The SMILES string of the molecule is O=C(O)CSc1nc(-c2ccc(Cl)cc2)c(-c2ccc(O)cc2)o1. The summed E-state index contributed by atoms with van der Waals surface area (Å²) in [7, 11) is 0. The molecule has 0 aliphatic carbocycles. The topological polar surface area (TPSA) is 83.6 Å². The molecule has 1 heterocycles. The number of carboxylic acids is 1. The Morgan fingerprint density at radius 1 is 1.08 bits per heavy atom. The number of hydrogen-bond donors (Lipinski definition) is 2. The van der Waals surface area contributed by atoms with Crippen molar-refractivity contribution < 1.29 is 19.4 Å². The maximum absolute atomic E-state index is 10.7. The number of halogens is 1. The van der Waals surface area contributed by atoms with E-state index in [9.17, 15) is 9.90 Å². The molecule has 3 aromatic rings. The predicted molar refractivity (Wildman–Crippen MR) is 92.4 cm³/mol. The third-order valence-corrected chi connectivity index (χ3v) is 4.24. The number of hydrogen-bond acceptors (Lipinski definition) is 5. The van der Waals surface area contributed by atoms with Crippen LogP contribution in [0.3, 0.4) is 0 Å². The lowest BCUT2D eigenvalue weighted by atomic mass is 10.1. The lowest BCUT2D eigenvalue weighted by molar-refractivity contribution is -0.133. The molecule has 122 valence electrons. The number of oxazole rings is 1. The van der Waals surface area contributed by atoms with Gasteiger partial charge in [-0.2, -0.15) is 0 Å². The van der Waals surface area contributed by atoms with Gasteiger partial charge in [-0.05, 0) is 36.4 Å². The van der Waals surface area contributed by atoms with Crippen molar-refractivity contribution in [3.8, 4) is 28.3 Å². The third kappa shape index (κ3) is 3.72. The van der Waals surface area contributed by atoms with E-state index in [1.54, 1.807) is 36.4 Å². The average Bonchev–Trinajstić information content (AvgIpc) is 2.98. The van der Waals surface area contributed by atoms with Gasteiger partial charge in [-0.25, -0.2) is 4.98 Å². The Morgan fingerprint density at radius 2 is 1.71 bits per heavy atom. The molecule has 1 aromatic heterocycles. The van der Waals surface area contributed by atoms with Crippen LogP contribution in [0, 0.1) is 0 Å². The Bertz CT molecular complexity index is 796. The van der Waals surface area contributed by atoms with Crippen LogP contribution < -0.4 is 0 Å². The first-order chi connectivity index (χ1) is 11.5. The van der Waals surface area contributed by atoms with Crippen LogP contribution in [-0.2, 0) is 4.79 Å². The summed E-state index contributed by atoms with van der Waals surface area (Å²) < 4.78 is 5.75. The lowest BCUT2D eigenvalue weighted by Crippen LogP contribution is -1.97. The summed E-state index contributed by atoms with van der Waals surface area (Å²) in [6, 6.07) is 13.6. The molecule has 0 saturated heterocycles. The molecular weight excluding hydrogens is 350 g/mol. The number of thioether (sulfide) groups is 1. The molecule has 0 aliphatic heterocycles. The summed E-state index contributed by atoms with van der Waals surface area (Å²) in [6.45, 7) is 0. The number of rotatable bonds is 5. The van der Waals surface area contributed by atoms with Crippen molar-refractivity contribution >= 4 is 29.3 Å². The highest BCUT2D eigenvalue weighted by molar-refractivity contribution is 7.99. The monoisotopic (exact) mass is 361 g/mol. The second kappa shape index (κ2) is 6.98. The first-order valence-corrected chi connectivity index (χ1v) is 8.30. The quantitative estimate of drug-likeness (QED) is 0.649. The standard InChI is InChI=1S/C17H12ClNO4S/c18-12-5-1-10(2-6-12)15-16(11-3-7-13(20)8-4-11)23-17(19-15)24-9-14(21)22/h1-8,20H,9H2,(H,21,22). The maximum atomic E-state index is 10.7. The molecule has 0 radical (unpaired) electrons. The van der Waals surface area contributed by atoms with Gasteiger partial charge in [0.05, 0.1) is 0 Å². The fourth-order valence-electron chi connectivity index (χ4n) is 2.10. The molecule has 2 N–H and O–H groups in total. The second-order valence-corrected chi connectivity index (χ2v) is 6.26. The molecule has 0 unspecified atom stereocenters. The number of phenols is 1. The summed E-state index contributed by atoms with van der Waals surface area (Å²) in [5.74, 6) is -0.440. The molecule has 3 rings (SSSR count). The van der Waals surface area contributed by atoms with Gasteiger partial charge in [0.15, 0.2) is 5.76 Å². The molecule has 24 heavy (non-hydrogen) atoms. The van der Waals surface area contributed by atoms with E-state index in [0.717, 1.165) is 22.9 Å². The van der Waals surface area contributed by atoms with E-state index in [1.165, 1.54) is 0 Å². The van der Waals surface area contributed by atoms with Gasteiger partial charge in [0.25, 0.3) is 5.22 Å².